The summed E-state index contributed by atoms with van der Waals surface area (Å²) in [7, 11) is 0. The van der Waals surface area contributed by atoms with Gasteiger partial charge in [0.1, 0.15) is 6.04 Å². The number of hydrogen-bond donors (Lipinski definition) is 0. The number of rotatable bonds is 10. The molecule has 2 heterocycles. The Morgan fingerprint density at radius 2 is 1.83 bits per heavy atom. The van der Waals surface area contributed by atoms with E-state index in [0.29, 0.717) is 37.5 Å². The smallest absolute Gasteiger partial charge is 0.328 e. The molecule has 2 rings (SSSR count). The molecule has 0 N–H and O–H groups in total. The van der Waals surface area contributed by atoms with Gasteiger partial charge in [-0.2, -0.15) is 5.06 Å². The fraction of sp³-hybridized carbons (Fsp3) is 0.810. The van der Waals surface area contributed by atoms with Gasteiger partial charge in [-0.05, 0) is 25.7 Å². The number of imide groups is 1. The van der Waals surface area contributed by atoms with Crippen molar-refractivity contribution < 1.29 is 28.9 Å². The summed E-state index contributed by atoms with van der Waals surface area (Å²) in [5.41, 5.74) is 0. The minimum atomic E-state index is -0.835. The topological polar surface area (TPSA) is 96.5 Å². The van der Waals surface area contributed by atoms with E-state index in [1.165, 1.54) is 16.9 Å². The lowest BCUT2D eigenvalue weighted by molar-refractivity contribution is -0.206. The molecule has 2 aliphatic rings. The molecule has 9 heteroatoms. The van der Waals surface area contributed by atoms with Crippen LogP contribution in [0.3, 0.4) is 0 Å². The summed E-state index contributed by atoms with van der Waals surface area (Å²) in [6.07, 6.45) is 6.29. The van der Waals surface area contributed by atoms with Crippen LogP contribution in [0.1, 0.15) is 79.1 Å². The van der Waals surface area contributed by atoms with Crippen molar-refractivity contribution in [2.75, 3.05) is 13.2 Å². The predicted molar refractivity (Wildman–Crippen MR) is 109 cm³/mol. The lowest BCUT2D eigenvalue weighted by Gasteiger charge is -2.30. The van der Waals surface area contributed by atoms with Crippen molar-refractivity contribution in [3.05, 3.63) is 0 Å². The highest BCUT2D eigenvalue weighted by Crippen LogP contribution is 2.31. The summed E-state index contributed by atoms with van der Waals surface area (Å²) in [6.45, 7) is 7.83. The van der Waals surface area contributed by atoms with E-state index in [9.17, 15) is 19.2 Å². The highest BCUT2D eigenvalue weighted by molar-refractivity contribution is 5.96. The van der Waals surface area contributed by atoms with E-state index in [2.05, 4.69) is 6.92 Å². The van der Waals surface area contributed by atoms with Crippen LogP contribution >= 0.6 is 0 Å². The number of urea groups is 1. The molecule has 0 aromatic rings. The monoisotopic (exact) mass is 425 g/mol. The molecule has 0 saturated carbocycles. The van der Waals surface area contributed by atoms with Crippen molar-refractivity contribution in [2.45, 2.75) is 91.1 Å². The molecular weight excluding hydrogens is 390 g/mol. The third kappa shape index (κ3) is 5.71. The van der Waals surface area contributed by atoms with Crippen LogP contribution in [0, 0.1) is 5.92 Å². The van der Waals surface area contributed by atoms with E-state index in [4.69, 9.17) is 9.68 Å². The summed E-state index contributed by atoms with van der Waals surface area (Å²) in [6, 6.07) is -1.30. The SMILES string of the molecule is CCCCCC(C)C(=O)N(OC(=O)[C@@H]1CC[C@H]2CN1C(=O)N2OCCCC)C(C)=O. The standard InChI is InChI=1S/C21H35N3O6/c1-5-7-9-10-15(3)19(26)23(16(4)25)30-20(27)18-12-11-17-14-22(18)21(28)24(17)29-13-8-6-2/h15,17-18H,5-14H2,1-4H3/t15?,17-,18-/m0/s1. The first-order valence-electron chi connectivity index (χ1n) is 11.1. The number of hydroxylamine groups is 4. The van der Waals surface area contributed by atoms with Crippen molar-refractivity contribution in [3.63, 3.8) is 0 Å². The lowest BCUT2D eigenvalue weighted by atomic mass is 10.0. The van der Waals surface area contributed by atoms with Crippen LogP contribution in [0.2, 0.25) is 0 Å². The number of unbranched alkanes of at least 4 members (excludes halogenated alkanes) is 3. The fourth-order valence-electron chi connectivity index (χ4n) is 3.79. The van der Waals surface area contributed by atoms with Gasteiger partial charge in [-0.1, -0.05) is 46.5 Å². The van der Waals surface area contributed by atoms with Gasteiger partial charge in [0.05, 0.1) is 12.6 Å². The molecule has 0 aliphatic carbocycles. The summed E-state index contributed by atoms with van der Waals surface area (Å²) in [4.78, 5) is 62.3. The average molecular weight is 426 g/mol. The number of nitrogens with zero attached hydrogens (tertiary/aromatic N) is 3. The molecule has 2 aliphatic heterocycles. The second-order valence-corrected chi connectivity index (χ2v) is 8.15. The minimum absolute atomic E-state index is 0.0949. The Hall–Kier alpha value is -2.16. The first-order valence-corrected chi connectivity index (χ1v) is 11.1. The highest BCUT2D eigenvalue weighted by atomic mass is 16.7. The van der Waals surface area contributed by atoms with Crippen LogP contribution in [0.15, 0.2) is 0 Å². The molecule has 30 heavy (non-hydrogen) atoms. The molecule has 3 atom stereocenters. The van der Waals surface area contributed by atoms with Crippen LogP contribution in [-0.2, 0) is 24.1 Å². The third-order valence-electron chi connectivity index (χ3n) is 5.65. The first-order chi connectivity index (χ1) is 14.3. The van der Waals surface area contributed by atoms with E-state index in [1.54, 1.807) is 6.92 Å². The normalized spacial score (nSPS) is 21.5. The van der Waals surface area contributed by atoms with E-state index < -0.39 is 29.7 Å². The predicted octanol–water partition coefficient (Wildman–Crippen LogP) is 3.04. The van der Waals surface area contributed by atoms with Crippen LogP contribution in [0.4, 0.5) is 4.79 Å². The maximum absolute atomic E-state index is 12.8. The van der Waals surface area contributed by atoms with E-state index in [0.717, 1.165) is 32.1 Å². The quantitative estimate of drug-likeness (QED) is 0.394. The van der Waals surface area contributed by atoms with Gasteiger partial charge in [0.15, 0.2) is 0 Å². The summed E-state index contributed by atoms with van der Waals surface area (Å²) in [5.74, 6) is -2.37. The van der Waals surface area contributed by atoms with Gasteiger partial charge in [-0.25, -0.2) is 9.59 Å². The van der Waals surface area contributed by atoms with Gasteiger partial charge in [-0.3, -0.25) is 14.4 Å². The Morgan fingerprint density at radius 3 is 2.47 bits per heavy atom. The fourth-order valence-corrected chi connectivity index (χ4v) is 3.79. The number of carbonyl (C=O) groups is 4. The molecule has 2 saturated heterocycles. The zero-order chi connectivity index (χ0) is 22.3. The van der Waals surface area contributed by atoms with Gasteiger partial charge in [-0.15, -0.1) is 5.06 Å². The minimum Gasteiger partial charge on any atom is -0.328 e. The van der Waals surface area contributed by atoms with Gasteiger partial charge in [0.25, 0.3) is 11.8 Å². The second kappa shape index (κ2) is 11.3. The maximum atomic E-state index is 12.8. The van der Waals surface area contributed by atoms with Crippen LogP contribution in [-0.4, -0.2) is 64.1 Å². The maximum Gasteiger partial charge on any atom is 0.355 e. The third-order valence-corrected chi connectivity index (χ3v) is 5.65. The molecule has 9 nitrogen and oxygen atoms in total. The molecule has 1 unspecified atom stereocenters. The average Bonchev–Trinajstić information content (AvgIpc) is 2.96. The largest absolute Gasteiger partial charge is 0.355 e. The Balaban J connectivity index is 1.99. The lowest BCUT2D eigenvalue weighted by Crippen LogP contribution is -2.49. The Labute approximate surface area is 178 Å². The van der Waals surface area contributed by atoms with Gasteiger partial charge >= 0.3 is 12.0 Å². The van der Waals surface area contributed by atoms with Crippen molar-refractivity contribution in [1.29, 1.82) is 0 Å². The Bertz CT molecular complexity index is 640. The molecule has 0 aromatic carbocycles. The van der Waals surface area contributed by atoms with Crippen molar-refractivity contribution >= 4 is 23.8 Å². The van der Waals surface area contributed by atoms with Crippen LogP contribution in [0.5, 0.6) is 0 Å². The Kier molecular flexibility index (Phi) is 9.08. The molecule has 0 radical (unpaired) electrons. The number of carbonyl (C=O) groups excluding carboxylic acids is 4. The van der Waals surface area contributed by atoms with E-state index in [-0.39, 0.29) is 12.1 Å². The van der Waals surface area contributed by atoms with E-state index >= 15 is 0 Å². The molecule has 2 fully saturated rings. The van der Waals surface area contributed by atoms with Gasteiger partial charge in [0, 0.05) is 19.4 Å². The van der Waals surface area contributed by atoms with Crippen LogP contribution in [0.25, 0.3) is 0 Å². The van der Waals surface area contributed by atoms with Crippen LogP contribution < -0.4 is 0 Å². The number of piperidine rings is 1. The zero-order valence-electron chi connectivity index (χ0n) is 18.6. The molecule has 0 aromatic heterocycles. The molecule has 2 bridgehead atoms. The number of hydrogen-bond acceptors (Lipinski definition) is 6. The van der Waals surface area contributed by atoms with Crippen molar-refractivity contribution in [3.8, 4) is 0 Å². The van der Waals surface area contributed by atoms with Crippen molar-refractivity contribution in [2.24, 2.45) is 5.92 Å². The van der Waals surface area contributed by atoms with Crippen molar-refractivity contribution in [1.82, 2.24) is 15.0 Å². The van der Waals surface area contributed by atoms with E-state index in [1.807, 2.05) is 6.92 Å². The highest BCUT2D eigenvalue weighted by Gasteiger charge is 2.49. The second-order valence-electron chi connectivity index (χ2n) is 8.15. The first kappa shape index (κ1) is 24.1. The van der Waals surface area contributed by atoms with Gasteiger partial charge < -0.3 is 9.74 Å². The summed E-state index contributed by atoms with van der Waals surface area (Å²) in [5, 5.41) is 1.91. The van der Waals surface area contributed by atoms with Gasteiger partial charge in [0.2, 0.25) is 0 Å². The summed E-state index contributed by atoms with van der Waals surface area (Å²) < 4.78 is 0. The Morgan fingerprint density at radius 1 is 1.13 bits per heavy atom. The number of fused-ring (bicyclic) bond motifs is 2. The molecule has 4 amide bonds. The number of amides is 4. The molecule has 170 valence electrons. The molecule has 0 spiro atoms. The zero-order valence-corrected chi connectivity index (χ0v) is 18.6. The summed E-state index contributed by atoms with van der Waals surface area (Å²) >= 11 is 0. The molecular formula is C21H35N3O6.